The first-order chi connectivity index (χ1) is 34.0. The summed E-state index contributed by atoms with van der Waals surface area (Å²) in [5.41, 5.74) is 2.13. The highest BCUT2D eigenvalue weighted by Gasteiger charge is 2.21. The van der Waals surface area contributed by atoms with Crippen LogP contribution in [-0.4, -0.2) is 19.5 Å². The molecule has 0 aliphatic heterocycles. The van der Waals surface area contributed by atoms with Crippen LogP contribution in [0, 0.1) is 0 Å². The van der Waals surface area contributed by atoms with Crippen LogP contribution in [0.2, 0.25) is 0 Å². The first-order valence-corrected chi connectivity index (χ1v) is 17.6. The Kier molecular flexibility index (Phi) is 4.70. The van der Waals surface area contributed by atoms with Gasteiger partial charge in [0.05, 0.1) is 37.3 Å². The number of fused-ring (bicyclic) bond motifs is 6. The number of furan rings is 1. The number of para-hydroxylation sites is 3. The van der Waals surface area contributed by atoms with E-state index < -0.39 is 90.6 Å². The fourth-order valence-electron chi connectivity index (χ4n) is 6.95. The number of aromatic nitrogens is 4. The molecular weight excluding hydrogens is 685 g/mol. The Morgan fingerprint density at radius 3 is 1.62 bits per heavy atom. The quantitative estimate of drug-likeness (QED) is 0.171. The molecule has 0 saturated carbocycles. The molecule has 0 aliphatic carbocycles. The van der Waals surface area contributed by atoms with Crippen molar-refractivity contribution in [2.75, 3.05) is 0 Å². The minimum absolute atomic E-state index is 0.0113. The molecule has 8 aromatic carbocycles. The van der Waals surface area contributed by atoms with E-state index in [0.29, 0.717) is 11.1 Å². The summed E-state index contributed by atoms with van der Waals surface area (Å²) in [4.78, 5) is 14.9. The maximum Gasteiger partial charge on any atom is 0.166 e. The normalized spacial score (nSPS) is 15.3. The second kappa shape index (κ2) is 13.0. The van der Waals surface area contributed by atoms with E-state index in [2.05, 4.69) is 0 Å². The molecule has 5 nitrogen and oxygen atoms in total. The van der Waals surface area contributed by atoms with Gasteiger partial charge in [0, 0.05) is 38.2 Å². The Morgan fingerprint density at radius 2 is 0.929 bits per heavy atom. The lowest BCUT2D eigenvalue weighted by Gasteiger charge is -2.16. The molecule has 3 heterocycles. The van der Waals surface area contributed by atoms with Gasteiger partial charge in [0.25, 0.3) is 0 Å². The van der Waals surface area contributed by atoms with Gasteiger partial charge in [0.15, 0.2) is 17.5 Å². The van der Waals surface area contributed by atoms with Crippen LogP contribution in [0.5, 0.6) is 0 Å². The van der Waals surface area contributed by atoms with Crippen LogP contribution in [0.4, 0.5) is 0 Å². The standard InChI is InChI=1S/C51H32N4O/c1-3-13-33(14-4-1)34-23-25-36(26-24-34)50-52-49(35-15-5-2-6-16-35)53-51(54-50)43-30-28-37(38-27-29-42-41-19-9-12-22-47(41)56-48(42)32-38)31-46(43)55-44-20-10-7-17-39(44)40-18-8-11-21-45(40)55/h1-32H/i7D,8D,9D,10D,11D,12D,17D,18D,19D,20D,21D,22D,27D,29D,32D. The number of hydrogen-bond donors (Lipinski definition) is 0. The summed E-state index contributed by atoms with van der Waals surface area (Å²) in [5.74, 6) is 0.498. The summed E-state index contributed by atoms with van der Waals surface area (Å²) in [6.45, 7) is 0. The van der Waals surface area contributed by atoms with Gasteiger partial charge < -0.3 is 8.98 Å². The van der Waals surface area contributed by atoms with Gasteiger partial charge in [0.2, 0.25) is 0 Å². The van der Waals surface area contributed by atoms with Crippen LogP contribution in [0.1, 0.15) is 20.6 Å². The average molecular weight is 732 g/mol. The Hall–Kier alpha value is -7.63. The van der Waals surface area contributed by atoms with Gasteiger partial charge in [-0.25, -0.2) is 15.0 Å². The van der Waals surface area contributed by atoms with Crippen molar-refractivity contribution in [2.24, 2.45) is 0 Å². The zero-order chi connectivity index (χ0) is 50.1. The topological polar surface area (TPSA) is 56.7 Å². The van der Waals surface area contributed by atoms with Crippen molar-refractivity contribution in [3.63, 3.8) is 0 Å². The highest BCUT2D eigenvalue weighted by atomic mass is 16.3. The number of rotatable bonds is 6. The fraction of sp³-hybridized carbons (Fsp3) is 0. The Bertz CT molecular complexity index is 4030. The molecule has 3 aromatic heterocycles. The van der Waals surface area contributed by atoms with E-state index in [1.54, 1.807) is 6.07 Å². The van der Waals surface area contributed by atoms with E-state index in [1.807, 2.05) is 84.9 Å². The molecule has 0 N–H and O–H groups in total. The van der Waals surface area contributed by atoms with Crippen molar-refractivity contribution >= 4 is 43.7 Å². The zero-order valence-electron chi connectivity index (χ0n) is 44.0. The Balaban J connectivity index is 1.27. The van der Waals surface area contributed by atoms with E-state index in [4.69, 9.17) is 33.1 Å². The molecule has 0 atom stereocenters. The molecule has 0 spiro atoms. The zero-order valence-corrected chi connectivity index (χ0v) is 29.0. The lowest BCUT2D eigenvalue weighted by atomic mass is 10.00. The lowest BCUT2D eigenvalue weighted by Crippen LogP contribution is -2.04. The second-order valence-corrected chi connectivity index (χ2v) is 12.9. The summed E-state index contributed by atoms with van der Waals surface area (Å²) in [5, 5.41) is -0.731. The van der Waals surface area contributed by atoms with Gasteiger partial charge in [-0.3, -0.25) is 0 Å². The first-order valence-electron chi connectivity index (χ1n) is 25.1. The van der Waals surface area contributed by atoms with Gasteiger partial charge in [-0.2, -0.15) is 0 Å². The van der Waals surface area contributed by atoms with Gasteiger partial charge in [-0.15, -0.1) is 0 Å². The maximum absolute atomic E-state index is 9.51. The van der Waals surface area contributed by atoms with Crippen LogP contribution >= 0.6 is 0 Å². The molecule has 0 aliphatic rings. The number of benzene rings is 8. The monoisotopic (exact) mass is 731 g/mol. The van der Waals surface area contributed by atoms with Crippen LogP contribution < -0.4 is 0 Å². The molecule has 0 fully saturated rings. The number of hydrogen-bond acceptors (Lipinski definition) is 4. The van der Waals surface area contributed by atoms with E-state index in [0.717, 1.165) is 11.1 Å². The smallest absolute Gasteiger partial charge is 0.166 e. The van der Waals surface area contributed by atoms with Gasteiger partial charge in [0.1, 0.15) is 11.2 Å². The Morgan fingerprint density at radius 1 is 0.411 bits per heavy atom. The van der Waals surface area contributed by atoms with E-state index in [1.165, 1.54) is 16.7 Å². The van der Waals surface area contributed by atoms with E-state index in [-0.39, 0.29) is 83.6 Å². The third-order valence-corrected chi connectivity index (χ3v) is 9.60. The van der Waals surface area contributed by atoms with E-state index >= 15 is 0 Å². The van der Waals surface area contributed by atoms with Crippen molar-refractivity contribution in [3.05, 3.63) is 194 Å². The summed E-state index contributed by atoms with van der Waals surface area (Å²) in [6, 6.07) is 22.4. The van der Waals surface area contributed by atoms with Gasteiger partial charge in [-0.1, -0.05) is 151 Å². The molecular formula is C51H32N4O. The molecule has 262 valence electrons. The van der Waals surface area contributed by atoms with Crippen molar-refractivity contribution in [1.29, 1.82) is 0 Å². The largest absolute Gasteiger partial charge is 0.456 e. The van der Waals surface area contributed by atoms with Crippen LogP contribution in [0.3, 0.4) is 0 Å². The van der Waals surface area contributed by atoms with Gasteiger partial charge >= 0.3 is 0 Å². The van der Waals surface area contributed by atoms with Crippen molar-refractivity contribution in [1.82, 2.24) is 19.5 Å². The molecule has 0 radical (unpaired) electrons. The van der Waals surface area contributed by atoms with Crippen LogP contribution in [-0.2, 0) is 0 Å². The highest BCUT2D eigenvalue weighted by Crippen LogP contribution is 2.39. The molecule has 0 amide bonds. The van der Waals surface area contributed by atoms with Crippen molar-refractivity contribution < 1.29 is 25.0 Å². The summed E-state index contributed by atoms with van der Waals surface area (Å²) in [7, 11) is 0. The van der Waals surface area contributed by atoms with Crippen molar-refractivity contribution in [2.45, 2.75) is 0 Å². The minimum atomic E-state index is -0.655. The van der Waals surface area contributed by atoms with Crippen LogP contribution in [0.15, 0.2) is 198 Å². The molecule has 11 aromatic rings. The van der Waals surface area contributed by atoms with E-state index in [9.17, 15) is 6.85 Å². The van der Waals surface area contributed by atoms with Crippen LogP contribution in [0.25, 0.3) is 106 Å². The maximum atomic E-state index is 9.51. The minimum Gasteiger partial charge on any atom is -0.456 e. The fourth-order valence-corrected chi connectivity index (χ4v) is 6.95. The molecule has 0 saturated heterocycles. The molecule has 5 heteroatoms. The summed E-state index contributed by atoms with van der Waals surface area (Å²) < 4.78 is 141. The lowest BCUT2D eigenvalue weighted by molar-refractivity contribution is 0.669. The molecule has 0 unspecified atom stereocenters. The highest BCUT2D eigenvalue weighted by molar-refractivity contribution is 6.10. The molecule has 0 bridgehead atoms. The van der Waals surface area contributed by atoms with Crippen molar-refractivity contribution in [3.8, 4) is 62.1 Å². The van der Waals surface area contributed by atoms with Gasteiger partial charge in [-0.05, 0) is 64.6 Å². The second-order valence-electron chi connectivity index (χ2n) is 12.9. The third-order valence-electron chi connectivity index (χ3n) is 9.60. The summed E-state index contributed by atoms with van der Waals surface area (Å²) in [6.07, 6.45) is 0. The number of nitrogens with zero attached hydrogens (tertiary/aromatic N) is 4. The predicted octanol–water partition coefficient (Wildman–Crippen LogP) is 13.2. The summed E-state index contributed by atoms with van der Waals surface area (Å²) >= 11 is 0. The first kappa shape index (κ1) is 20.2. The Labute approximate surface area is 343 Å². The third kappa shape index (κ3) is 5.37. The SMILES string of the molecule is [2H]c1c([2H])c([2H])c2c(oc3c([2H])c(-c4ccc(-c5nc(-c6ccccc6)nc(-c6ccc(-c7ccccc7)cc6)n5)c(-n5c6c([2H])c([2H])c([2H])c([2H])c6c6c([2H])c([2H])c([2H])c([2H])c65)c4)c([2H])c([2H])c32)c1[2H]. The predicted molar refractivity (Wildman–Crippen MR) is 229 cm³/mol. The molecule has 11 rings (SSSR count). The average Bonchev–Trinajstić information content (AvgIpc) is 3.98. The molecule has 56 heavy (non-hydrogen) atoms.